The molecule has 0 bridgehead atoms. The summed E-state index contributed by atoms with van der Waals surface area (Å²) in [7, 11) is -3.97. The lowest BCUT2D eigenvalue weighted by molar-refractivity contribution is -0.118. The van der Waals surface area contributed by atoms with Crippen molar-refractivity contribution in [1.29, 1.82) is 0 Å². The van der Waals surface area contributed by atoms with Gasteiger partial charge >= 0.3 is 5.97 Å². The van der Waals surface area contributed by atoms with Gasteiger partial charge in [-0.1, -0.05) is 15.9 Å². The maximum absolute atomic E-state index is 12.3. The number of aromatic carboxylic acids is 1. The number of amides is 1. The molecule has 1 aromatic carbocycles. The van der Waals surface area contributed by atoms with Crippen LogP contribution in [0.15, 0.2) is 21.5 Å². The molecule has 0 spiro atoms. The molecule has 7 nitrogen and oxygen atoms in total. The highest BCUT2D eigenvalue weighted by Gasteiger charge is 2.23. The predicted molar refractivity (Wildman–Crippen MR) is 79.4 cm³/mol. The molecule has 116 valence electrons. The van der Waals surface area contributed by atoms with Crippen LogP contribution in [0.2, 0.25) is 0 Å². The zero-order chi connectivity index (χ0) is 16.4. The first-order valence-electron chi connectivity index (χ1n) is 5.88. The Morgan fingerprint density at radius 3 is 2.48 bits per heavy atom. The molecule has 0 aliphatic heterocycles. The van der Waals surface area contributed by atoms with Crippen molar-refractivity contribution in [2.24, 2.45) is 5.73 Å². The van der Waals surface area contributed by atoms with E-state index in [1.807, 2.05) is 0 Å². The Bertz CT molecular complexity index is 687. The number of benzene rings is 1. The molecular formula is C12H15BrN2O5S. The number of primary amides is 1. The van der Waals surface area contributed by atoms with Crippen molar-refractivity contribution in [3.63, 3.8) is 0 Å². The average Bonchev–Trinajstić information content (AvgIpc) is 2.29. The first kappa shape index (κ1) is 17.6. The van der Waals surface area contributed by atoms with E-state index in [0.29, 0.717) is 10.0 Å². The third-order valence-corrected chi connectivity index (χ3v) is 5.24. The summed E-state index contributed by atoms with van der Waals surface area (Å²) in [5.74, 6) is -1.88. The van der Waals surface area contributed by atoms with E-state index in [2.05, 4.69) is 20.7 Å². The molecule has 0 aliphatic carbocycles. The first-order chi connectivity index (χ1) is 9.54. The zero-order valence-corrected chi connectivity index (χ0v) is 13.8. The first-order valence-corrected chi connectivity index (χ1v) is 8.16. The summed E-state index contributed by atoms with van der Waals surface area (Å²) in [5, 5.41) is 8.99. The number of nitrogens with one attached hydrogen (secondary N) is 1. The minimum absolute atomic E-state index is 0.155. The van der Waals surface area contributed by atoms with Crippen molar-refractivity contribution in [2.75, 3.05) is 0 Å². The minimum atomic E-state index is -3.97. The highest BCUT2D eigenvalue weighted by Crippen LogP contribution is 2.26. The molecule has 0 aromatic heterocycles. The van der Waals surface area contributed by atoms with Crippen LogP contribution in [0.25, 0.3) is 0 Å². The van der Waals surface area contributed by atoms with Crippen LogP contribution in [0.4, 0.5) is 0 Å². The normalized spacial score (nSPS) is 12.9. The summed E-state index contributed by atoms with van der Waals surface area (Å²) in [6.45, 7) is 3.04. The van der Waals surface area contributed by atoms with Crippen LogP contribution in [0, 0.1) is 6.92 Å². The van der Waals surface area contributed by atoms with Gasteiger partial charge in [0, 0.05) is 16.9 Å². The molecule has 1 rings (SSSR count). The molecule has 9 heteroatoms. The fraction of sp³-hybridized carbons (Fsp3) is 0.333. The Morgan fingerprint density at radius 2 is 2.00 bits per heavy atom. The van der Waals surface area contributed by atoms with E-state index in [0.717, 1.165) is 6.07 Å². The van der Waals surface area contributed by atoms with Crippen molar-refractivity contribution in [1.82, 2.24) is 4.72 Å². The Kier molecular flexibility index (Phi) is 5.48. The maximum Gasteiger partial charge on any atom is 0.335 e. The quantitative estimate of drug-likeness (QED) is 0.680. The molecule has 0 saturated carbocycles. The van der Waals surface area contributed by atoms with Crippen molar-refractivity contribution >= 4 is 37.8 Å². The molecule has 4 N–H and O–H groups in total. The summed E-state index contributed by atoms with van der Waals surface area (Å²) in [6, 6.07) is 1.70. The van der Waals surface area contributed by atoms with Crippen LogP contribution in [-0.2, 0) is 14.8 Å². The van der Waals surface area contributed by atoms with Crippen LogP contribution < -0.4 is 10.5 Å². The number of carboxylic acids is 1. The van der Waals surface area contributed by atoms with Gasteiger partial charge in [0.1, 0.15) is 0 Å². The molecule has 1 amide bonds. The largest absolute Gasteiger partial charge is 0.478 e. The smallest absolute Gasteiger partial charge is 0.335 e. The molecule has 0 radical (unpaired) electrons. The van der Waals surface area contributed by atoms with Crippen LogP contribution in [-0.4, -0.2) is 31.4 Å². The summed E-state index contributed by atoms with van der Waals surface area (Å²) >= 11 is 3.13. The van der Waals surface area contributed by atoms with Crippen molar-refractivity contribution in [3.8, 4) is 0 Å². The van der Waals surface area contributed by atoms with Crippen molar-refractivity contribution in [2.45, 2.75) is 31.2 Å². The monoisotopic (exact) mass is 378 g/mol. The van der Waals surface area contributed by atoms with Gasteiger partial charge in [-0.05, 0) is 31.5 Å². The number of sulfonamides is 1. The Labute approximate surface area is 130 Å². The third-order valence-electron chi connectivity index (χ3n) is 2.70. The Hall–Kier alpha value is -1.45. The van der Waals surface area contributed by atoms with Crippen LogP contribution in [0.1, 0.15) is 29.3 Å². The second-order valence-electron chi connectivity index (χ2n) is 4.58. The number of carbonyl (C=O) groups excluding carboxylic acids is 1. The van der Waals surface area contributed by atoms with Gasteiger partial charge in [0.15, 0.2) is 0 Å². The number of rotatable bonds is 6. The molecular weight excluding hydrogens is 364 g/mol. The predicted octanol–water partition coefficient (Wildman–Crippen LogP) is 0.998. The van der Waals surface area contributed by atoms with Crippen molar-refractivity contribution in [3.05, 3.63) is 27.7 Å². The molecule has 1 aromatic rings. The van der Waals surface area contributed by atoms with E-state index in [1.54, 1.807) is 6.92 Å². The van der Waals surface area contributed by atoms with E-state index < -0.39 is 27.9 Å². The van der Waals surface area contributed by atoms with E-state index >= 15 is 0 Å². The molecule has 1 atom stereocenters. The lowest BCUT2D eigenvalue weighted by Crippen LogP contribution is -2.36. The molecule has 0 saturated heterocycles. The number of hydrogen-bond donors (Lipinski definition) is 3. The van der Waals surface area contributed by atoms with Gasteiger partial charge in [0.2, 0.25) is 15.9 Å². The number of hydrogen-bond acceptors (Lipinski definition) is 4. The minimum Gasteiger partial charge on any atom is -0.478 e. The van der Waals surface area contributed by atoms with Crippen LogP contribution >= 0.6 is 15.9 Å². The van der Waals surface area contributed by atoms with E-state index in [1.165, 1.54) is 13.0 Å². The summed E-state index contributed by atoms with van der Waals surface area (Å²) in [4.78, 5) is 21.7. The van der Waals surface area contributed by atoms with Gasteiger partial charge in [-0.3, -0.25) is 4.79 Å². The van der Waals surface area contributed by atoms with Gasteiger partial charge < -0.3 is 10.8 Å². The average molecular weight is 379 g/mol. The number of nitrogens with two attached hydrogens (primary N) is 1. The van der Waals surface area contributed by atoms with Gasteiger partial charge in [-0.25, -0.2) is 17.9 Å². The number of halogens is 1. The number of carbonyl (C=O) groups is 2. The van der Waals surface area contributed by atoms with E-state index in [4.69, 9.17) is 10.8 Å². The van der Waals surface area contributed by atoms with Crippen LogP contribution in [0.5, 0.6) is 0 Å². The Balaban J connectivity index is 3.25. The van der Waals surface area contributed by atoms with Gasteiger partial charge in [0.05, 0.1) is 10.5 Å². The second kappa shape index (κ2) is 6.54. The highest BCUT2D eigenvalue weighted by molar-refractivity contribution is 9.10. The summed E-state index contributed by atoms with van der Waals surface area (Å²) < 4.78 is 27.3. The molecule has 0 aliphatic rings. The molecule has 1 unspecified atom stereocenters. The summed E-state index contributed by atoms with van der Waals surface area (Å²) in [5.41, 5.74) is 5.23. The lowest BCUT2D eigenvalue weighted by Gasteiger charge is -2.15. The standard InChI is InChI=1S/C12H15BrN2O5S/c1-6(3-11(14)16)15-21(19,20)10-5-8(12(17)18)4-9(13)7(10)2/h4-6,15H,3H2,1-2H3,(H2,14,16)(H,17,18). The second-order valence-corrected chi connectivity index (χ2v) is 7.12. The lowest BCUT2D eigenvalue weighted by atomic mass is 10.1. The van der Waals surface area contributed by atoms with E-state index in [-0.39, 0.29) is 16.9 Å². The maximum atomic E-state index is 12.3. The van der Waals surface area contributed by atoms with Crippen LogP contribution in [0.3, 0.4) is 0 Å². The van der Waals surface area contributed by atoms with E-state index in [9.17, 15) is 18.0 Å². The highest BCUT2D eigenvalue weighted by atomic mass is 79.9. The fourth-order valence-corrected chi connectivity index (χ4v) is 3.85. The fourth-order valence-electron chi connectivity index (χ4n) is 1.73. The molecule has 21 heavy (non-hydrogen) atoms. The topological polar surface area (TPSA) is 127 Å². The van der Waals surface area contributed by atoms with Gasteiger partial charge in [-0.15, -0.1) is 0 Å². The molecule has 0 fully saturated rings. The third kappa shape index (κ3) is 4.51. The zero-order valence-electron chi connectivity index (χ0n) is 11.4. The number of carboxylic acid groups (broad SMARTS) is 1. The van der Waals surface area contributed by atoms with Gasteiger partial charge in [-0.2, -0.15) is 0 Å². The van der Waals surface area contributed by atoms with Gasteiger partial charge in [0.25, 0.3) is 0 Å². The molecule has 0 heterocycles. The van der Waals surface area contributed by atoms with Crippen molar-refractivity contribution < 1.29 is 23.1 Å². The summed E-state index contributed by atoms with van der Waals surface area (Å²) in [6.07, 6.45) is -0.155. The Morgan fingerprint density at radius 1 is 1.43 bits per heavy atom. The SMILES string of the molecule is Cc1c(Br)cc(C(=O)O)cc1S(=O)(=O)NC(C)CC(N)=O.